The van der Waals surface area contributed by atoms with E-state index in [1.807, 2.05) is 23.6 Å². The van der Waals surface area contributed by atoms with Gasteiger partial charge in [-0.05, 0) is 64.4 Å². The lowest BCUT2D eigenvalue weighted by molar-refractivity contribution is -0.384. The van der Waals surface area contributed by atoms with Gasteiger partial charge in [0, 0.05) is 35.8 Å². The first kappa shape index (κ1) is 25.1. The van der Waals surface area contributed by atoms with E-state index in [4.69, 9.17) is 15.5 Å². The van der Waals surface area contributed by atoms with Crippen molar-refractivity contribution in [3.8, 4) is 11.3 Å². The smallest absolute Gasteiger partial charge is 0.326 e. The Kier molecular flexibility index (Phi) is 6.64. The average molecular weight is 492 g/mol. The number of fused-ring (bicyclic) bond motifs is 2. The molecule has 2 aromatic heterocycles. The molecule has 0 unspecified atom stereocenters. The van der Waals surface area contributed by atoms with Gasteiger partial charge >= 0.3 is 5.97 Å². The number of nitro benzene ring substituents is 1. The molecule has 0 spiro atoms. The number of rotatable bonds is 7. The third kappa shape index (κ3) is 4.99. The fourth-order valence-electron chi connectivity index (χ4n) is 4.22. The molecule has 0 radical (unpaired) electrons. The van der Waals surface area contributed by atoms with E-state index in [9.17, 15) is 19.7 Å². The number of nitrogens with two attached hydrogens (primary N) is 1. The zero-order valence-corrected chi connectivity index (χ0v) is 20.8. The first-order chi connectivity index (χ1) is 17.0. The summed E-state index contributed by atoms with van der Waals surface area (Å²) in [5.41, 5.74) is 7.81. The Balaban J connectivity index is 1.96. The summed E-state index contributed by atoms with van der Waals surface area (Å²) in [6, 6.07) is 9.99. The molecule has 0 aliphatic rings. The highest BCUT2D eigenvalue weighted by atomic mass is 16.6. The molecule has 10 nitrogen and oxygen atoms in total. The quantitative estimate of drug-likeness (QED) is 0.235. The Labute approximate surface area is 207 Å². The third-order valence-corrected chi connectivity index (χ3v) is 5.74. The maximum absolute atomic E-state index is 13.8. The third-order valence-electron chi connectivity index (χ3n) is 5.74. The van der Waals surface area contributed by atoms with Crippen molar-refractivity contribution in [1.29, 1.82) is 0 Å². The molecule has 0 fully saturated rings. The number of aryl methyl sites for hydroxylation is 2. The van der Waals surface area contributed by atoms with Gasteiger partial charge in [-0.25, -0.2) is 4.98 Å². The summed E-state index contributed by atoms with van der Waals surface area (Å²) in [5.74, 6) is -0.537. The largest absolute Gasteiger partial charge is 0.459 e. The second-order valence-corrected chi connectivity index (χ2v) is 9.77. The van der Waals surface area contributed by atoms with E-state index in [2.05, 4.69) is 0 Å². The highest BCUT2D eigenvalue weighted by molar-refractivity contribution is 5.97. The molecule has 0 atom stereocenters. The Morgan fingerprint density at radius 3 is 2.58 bits per heavy atom. The number of non-ortho nitro benzene ring substituents is 1. The molecule has 10 heteroatoms. The zero-order valence-electron chi connectivity index (χ0n) is 20.8. The Morgan fingerprint density at radius 1 is 1.17 bits per heavy atom. The van der Waals surface area contributed by atoms with Crippen molar-refractivity contribution in [2.24, 2.45) is 5.73 Å². The van der Waals surface area contributed by atoms with Crippen LogP contribution in [-0.4, -0.2) is 37.2 Å². The Bertz CT molecular complexity index is 1540. The highest BCUT2D eigenvalue weighted by Crippen LogP contribution is 2.32. The van der Waals surface area contributed by atoms with Crippen LogP contribution in [0.3, 0.4) is 0 Å². The lowest BCUT2D eigenvalue weighted by Gasteiger charge is -2.20. The fraction of sp³-hybridized carbons (Fsp3) is 0.346. The summed E-state index contributed by atoms with van der Waals surface area (Å²) in [6.45, 7) is 7.91. The molecule has 0 amide bonds. The molecule has 0 aliphatic heterocycles. The van der Waals surface area contributed by atoms with Crippen LogP contribution < -0.4 is 11.3 Å². The van der Waals surface area contributed by atoms with Crippen LogP contribution in [0.4, 0.5) is 5.69 Å². The molecule has 0 saturated heterocycles. The number of nitro groups is 1. The normalized spacial score (nSPS) is 11.8. The highest BCUT2D eigenvalue weighted by Gasteiger charge is 2.23. The molecule has 2 heterocycles. The van der Waals surface area contributed by atoms with Crippen LogP contribution >= 0.6 is 0 Å². The van der Waals surface area contributed by atoms with Crippen molar-refractivity contribution < 1.29 is 14.5 Å². The van der Waals surface area contributed by atoms with Gasteiger partial charge in [0.25, 0.3) is 11.2 Å². The van der Waals surface area contributed by atoms with Crippen LogP contribution in [0.2, 0.25) is 0 Å². The molecule has 4 rings (SSSR count). The van der Waals surface area contributed by atoms with Gasteiger partial charge in [0.2, 0.25) is 0 Å². The van der Waals surface area contributed by atoms with Crippen molar-refractivity contribution >= 4 is 33.6 Å². The van der Waals surface area contributed by atoms with Gasteiger partial charge in [0.15, 0.2) is 0 Å². The predicted octanol–water partition coefficient (Wildman–Crippen LogP) is 3.93. The molecule has 36 heavy (non-hydrogen) atoms. The molecule has 4 aromatic rings. The first-order valence-corrected chi connectivity index (χ1v) is 11.7. The maximum Gasteiger partial charge on any atom is 0.326 e. The molecule has 188 valence electrons. The van der Waals surface area contributed by atoms with Crippen LogP contribution in [0.15, 0.2) is 47.4 Å². The van der Waals surface area contributed by atoms with Crippen LogP contribution in [-0.2, 0) is 22.6 Å². The minimum Gasteiger partial charge on any atom is -0.459 e. The molecule has 0 saturated carbocycles. The zero-order chi connectivity index (χ0) is 26.2. The number of esters is 1. The molecule has 0 bridgehead atoms. The lowest BCUT2D eigenvalue weighted by atomic mass is 10.1. The number of hydrogen-bond acceptors (Lipinski definition) is 7. The number of nitrogens with zero attached hydrogens (tertiary/aromatic N) is 4. The second kappa shape index (κ2) is 9.54. The molecule has 0 aliphatic carbocycles. The minimum absolute atomic E-state index is 0.0504. The van der Waals surface area contributed by atoms with Crippen LogP contribution in [0.25, 0.3) is 33.2 Å². The molecule has 2 N–H and O–H groups in total. The lowest BCUT2D eigenvalue weighted by Crippen LogP contribution is -2.31. The van der Waals surface area contributed by atoms with E-state index in [0.29, 0.717) is 47.0 Å². The summed E-state index contributed by atoms with van der Waals surface area (Å²) in [4.78, 5) is 42.1. The molecular weight excluding hydrogens is 462 g/mol. The number of hydrogen-bond donors (Lipinski definition) is 1. The van der Waals surface area contributed by atoms with Gasteiger partial charge in [-0.2, -0.15) is 0 Å². The topological polar surface area (TPSA) is 135 Å². The SMILES string of the molecule is Cc1ccc2c(c1)nc(-c1cn(CCCN)c3cc([N+](=O)[O-])ccc13)c(=O)n2CC(=O)OC(C)(C)C. The number of carbonyl (C=O) groups excluding carboxylic acids is 1. The van der Waals surface area contributed by atoms with Gasteiger partial charge < -0.3 is 15.0 Å². The van der Waals surface area contributed by atoms with E-state index < -0.39 is 22.1 Å². The molecule has 2 aromatic carbocycles. The first-order valence-electron chi connectivity index (χ1n) is 11.7. The second-order valence-electron chi connectivity index (χ2n) is 9.77. The van der Waals surface area contributed by atoms with Crippen molar-refractivity contribution in [3.05, 3.63) is 68.6 Å². The number of ether oxygens (including phenoxy) is 1. The van der Waals surface area contributed by atoms with Gasteiger partial charge in [-0.15, -0.1) is 0 Å². The van der Waals surface area contributed by atoms with Gasteiger partial charge in [-0.3, -0.25) is 24.3 Å². The predicted molar refractivity (Wildman–Crippen MR) is 138 cm³/mol. The van der Waals surface area contributed by atoms with Gasteiger partial charge in [0.05, 0.1) is 21.5 Å². The Hall–Kier alpha value is -4.05. The monoisotopic (exact) mass is 491 g/mol. The standard InChI is InChI=1S/C26H29N5O5/c1-16-6-9-21-20(12-16)28-24(25(33)30(21)15-23(32)36-26(2,3)4)19-14-29(11-5-10-27)22-13-17(31(34)35)7-8-18(19)22/h6-9,12-14H,5,10-11,15,27H2,1-4H3. The number of benzene rings is 2. The summed E-state index contributed by atoms with van der Waals surface area (Å²) in [7, 11) is 0. The number of carbonyl (C=O) groups is 1. The van der Waals surface area contributed by atoms with Gasteiger partial charge in [0.1, 0.15) is 17.8 Å². The van der Waals surface area contributed by atoms with Gasteiger partial charge in [-0.1, -0.05) is 6.07 Å². The summed E-state index contributed by atoms with van der Waals surface area (Å²) < 4.78 is 8.70. The van der Waals surface area contributed by atoms with Crippen molar-refractivity contribution in [1.82, 2.24) is 14.1 Å². The summed E-state index contributed by atoms with van der Waals surface area (Å²) in [6.07, 6.45) is 2.42. The Morgan fingerprint density at radius 2 is 1.92 bits per heavy atom. The van der Waals surface area contributed by atoms with Crippen molar-refractivity contribution in [2.75, 3.05) is 6.54 Å². The van der Waals surface area contributed by atoms with Crippen LogP contribution in [0.5, 0.6) is 0 Å². The summed E-state index contributed by atoms with van der Waals surface area (Å²) in [5, 5.41) is 12.0. The van der Waals surface area contributed by atoms with Crippen LogP contribution in [0, 0.1) is 17.0 Å². The van der Waals surface area contributed by atoms with Crippen molar-refractivity contribution in [2.45, 2.75) is 52.8 Å². The maximum atomic E-state index is 13.8. The van der Waals surface area contributed by atoms with Crippen molar-refractivity contribution in [3.63, 3.8) is 0 Å². The van der Waals surface area contributed by atoms with E-state index in [1.165, 1.54) is 16.7 Å². The van der Waals surface area contributed by atoms with Crippen LogP contribution in [0.1, 0.15) is 32.8 Å². The summed E-state index contributed by atoms with van der Waals surface area (Å²) >= 11 is 0. The molecular formula is C26H29N5O5. The van der Waals surface area contributed by atoms with E-state index >= 15 is 0 Å². The number of aromatic nitrogens is 3. The van der Waals surface area contributed by atoms with E-state index in [1.54, 1.807) is 39.1 Å². The van der Waals surface area contributed by atoms with E-state index in [0.717, 1.165) is 5.56 Å². The fourth-order valence-corrected chi connectivity index (χ4v) is 4.22. The van der Waals surface area contributed by atoms with E-state index in [-0.39, 0.29) is 17.9 Å². The minimum atomic E-state index is -0.700. The average Bonchev–Trinajstić information content (AvgIpc) is 3.15.